The zero-order valence-corrected chi connectivity index (χ0v) is 20.1. The van der Waals surface area contributed by atoms with E-state index in [2.05, 4.69) is 5.32 Å². The Hall–Kier alpha value is -3.22. The van der Waals surface area contributed by atoms with Crippen molar-refractivity contribution in [2.24, 2.45) is 0 Å². The van der Waals surface area contributed by atoms with Gasteiger partial charge in [-0.2, -0.15) is 0 Å². The number of thioether (sulfide) groups is 1. The Labute approximate surface area is 202 Å². The van der Waals surface area contributed by atoms with Crippen molar-refractivity contribution in [2.75, 3.05) is 16.8 Å². The Bertz CT molecular complexity index is 1220. The summed E-state index contributed by atoms with van der Waals surface area (Å²) in [4.78, 5) is 29.4. The molecule has 0 saturated heterocycles. The molecule has 1 aliphatic rings. The van der Waals surface area contributed by atoms with Crippen molar-refractivity contribution in [3.05, 3.63) is 93.5 Å². The van der Waals surface area contributed by atoms with Crippen molar-refractivity contribution in [2.45, 2.75) is 25.7 Å². The zero-order chi connectivity index (χ0) is 23.5. The third-order valence-corrected chi connectivity index (χ3v) is 6.32. The predicted octanol–water partition coefficient (Wildman–Crippen LogP) is 6.34. The number of imide groups is 1. The van der Waals surface area contributed by atoms with Crippen LogP contribution in [0.5, 0.6) is 5.75 Å². The smallest absolute Gasteiger partial charge is 0.283 e. The molecule has 0 aromatic heterocycles. The lowest BCUT2D eigenvalue weighted by Gasteiger charge is -2.17. The third kappa shape index (κ3) is 5.07. The summed E-state index contributed by atoms with van der Waals surface area (Å²) in [6, 6.07) is 20.1. The summed E-state index contributed by atoms with van der Waals surface area (Å²) in [5.41, 5.74) is 3.44. The summed E-state index contributed by atoms with van der Waals surface area (Å²) in [6.07, 6.45) is 0. The topological polar surface area (TPSA) is 58.6 Å². The van der Waals surface area contributed by atoms with E-state index >= 15 is 0 Å². The van der Waals surface area contributed by atoms with Gasteiger partial charge in [-0.1, -0.05) is 29.4 Å². The molecule has 0 unspecified atom stereocenters. The largest absolute Gasteiger partial charge is 0.494 e. The molecule has 4 rings (SSSR count). The highest BCUT2D eigenvalue weighted by Crippen LogP contribution is 2.38. The van der Waals surface area contributed by atoms with Gasteiger partial charge in [0.15, 0.2) is 0 Å². The van der Waals surface area contributed by atoms with Crippen molar-refractivity contribution < 1.29 is 14.3 Å². The second kappa shape index (κ2) is 9.73. The number of hydrogen-bond donors (Lipinski definition) is 1. The van der Waals surface area contributed by atoms with E-state index in [9.17, 15) is 9.59 Å². The van der Waals surface area contributed by atoms with Crippen LogP contribution in [-0.2, 0) is 9.59 Å². The summed E-state index contributed by atoms with van der Waals surface area (Å²) in [5.74, 6) is -0.0211. The highest BCUT2D eigenvalue weighted by molar-refractivity contribution is 8.04. The Morgan fingerprint density at radius 2 is 1.55 bits per heavy atom. The molecule has 0 aliphatic carbocycles. The minimum atomic E-state index is -0.393. The molecule has 1 aliphatic heterocycles. The standard InChI is InChI=1S/C26H23ClN2O3S/c1-4-32-21-9-7-19(8-10-21)28-23-24(33-22-11-5-18(27)6-12-22)26(31)29(25(23)30)20-14-16(2)13-17(3)15-20/h5-15,28H,4H2,1-3H3. The van der Waals surface area contributed by atoms with E-state index in [-0.39, 0.29) is 11.6 Å². The third-order valence-electron chi connectivity index (χ3n) is 4.97. The van der Waals surface area contributed by atoms with Crippen LogP contribution < -0.4 is 15.0 Å². The summed E-state index contributed by atoms with van der Waals surface area (Å²) in [7, 11) is 0. The molecule has 0 radical (unpaired) electrons. The quantitative estimate of drug-likeness (QED) is 0.401. The number of halogens is 1. The zero-order valence-electron chi connectivity index (χ0n) is 18.5. The highest BCUT2D eigenvalue weighted by Gasteiger charge is 2.40. The summed E-state index contributed by atoms with van der Waals surface area (Å²) in [5, 5.41) is 3.77. The first-order chi connectivity index (χ1) is 15.9. The maximum Gasteiger partial charge on any atom is 0.283 e. The van der Waals surface area contributed by atoms with Crippen LogP contribution in [0, 0.1) is 13.8 Å². The number of benzene rings is 3. The molecule has 1 N–H and O–H groups in total. The van der Waals surface area contributed by atoms with Gasteiger partial charge in [0.25, 0.3) is 11.8 Å². The van der Waals surface area contributed by atoms with E-state index in [0.717, 1.165) is 21.8 Å². The average molecular weight is 479 g/mol. The van der Waals surface area contributed by atoms with E-state index in [4.69, 9.17) is 16.3 Å². The van der Waals surface area contributed by atoms with Crippen molar-refractivity contribution in [1.82, 2.24) is 0 Å². The molecule has 33 heavy (non-hydrogen) atoms. The Morgan fingerprint density at radius 1 is 0.909 bits per heavy atom. The number of hydrogen-bond acceptors (Lipinski definition) is 5. The van der Waals surface area contributed by atoms with Crippen LogP contribution >= 0.6 is 23.4 Å². The van der Waals surface area contributed by atoms with Gasteiger partial charge in [0.2, 0.25) is 0 Å². The van der Waals surface area contributed by atoms with E-state index in [1.54, 1.807) is 12.1 Å². The molecule has 3 aromatic rings. The first-order valence-electron chi connectivity index (χ1n) is 10.5. The second-order valence-electron chi connectivity index (χ2n) is 7.63. The van der Waals surface area contributed by atoms with Crippen LogP contribution in [-0.4, -0.2) is 18.4 Å². The first-order valence-corrected chi connectivity index (χ1v) is 11.7. The number of amides is 2. The Kier molecular flexibility index (Phi) is 6.77. The predicted molar refractivity (Wildman–Crippen MR) is 134 cm³/mol. The Balaban J connectivity index is 1.72. The van der Waals surface area contributed by atoms with Crippen LogP contribution in [0.3, 0.4) is 0 Å². The SMILES string of the molecule is CCOc1ccc(NC2=C(Sc3ccc(Cl)cc3)C(=O)N(c3cc(C)cc(C)c3)C2=O)cc1. The summed E-state index contributed by atoms with van der Waals surface area (Å²) in [6.45, 7) is 6.37. The second-order valence-corrected chi connectivity index (χ2v) is 9.15. The molecule has 168 valence electrons. The normalized spacial score (nSPS) is 13.6. The van der Waals surface area contributed by atoms with Crippen molar-refractivity contribution in [1.29, 1.82) is 0 Å². The molecule has 7 heteroatoms. The number of aryl methyl sites for hydroxylation is 2. The van der Waals surface area contributed by atoms with Crippen LogP contribution in [0.25, 0.3) is 0 Å². The van der Waals surface area contributed by atoms with E-state index in [1.807, 2.05) is 75.4 Å². The van der Waals surface area contributed by atoms with Crippen LogP contribution in [0.1, 0.15) is 18.1 Å². The lowest BCUT2D eigenvalue weighted by molar-refractivity contribution is -0.120. The molecule has 0 atom stereocenters. The molecule has 2 amide bonds. The number of nitrogens with zero attached hydrogens (tertiary/aromatic N) is 1. The molecular formula is C26H23ClN2O3S. The van der Waals surface area contributed by atoms with Crippen molar-refractivity contribution in [3.8, 4) is 5.75 Å². The molecule has 0 fully saturated rings. The molecular weight excluding hydrogens is 456 g/mol. The molecule has 1 heterocycles. The number of anilines is 2. The number of nitrogens with one attached hydrogen (secondary N) is 1. The van der Waals surface area contributed by atoms with Crippen molar-refractivity contribution >= 4 is 46.6 Å². The van der Waals surface area contributed by atoms with Crippen LogP contribution in [0.4, 0.5) is 11.4 Å². The summed E-state index contributed by atoms with van der Waals surface area (Å²) >= 11 is 7.25. The lowest BCUT2D eigenvalue weighted by Crippen LogP contribution is -2.32. The Morgan fingerprint density at radius 3 is 2.15 bits per heavy atom. The van der Waals surface area contributed by atoms with Gasteiger partial charge in [-0.3, -0.25) is 9.59 Å². The lowest BCUT2D eigenvalue weighted by atomic mass is 10.1. The van der Waals surface area contributed by atoms with Gasteiger partial charge in [-0.15, -0.1) is 0 Å². The fourth-order valence-electron chi connectivity index (χ4n) is 3.59. The van der Waals surface area contributed by atoms with Gasteiger partial charge in [-0.05, 0) is 92.6 Å². The van der Waals surface area contributed by atoms with Crippen LogP contribution in [0.2, 0.25) is 5.02 Å². The molecule has 0 bridgehead atoms. The van der Waals surface area contributed by atoms with Gasteiger partial charge in [-0.25, -0.2) is 4.90 Å². The fourth-order valence-corrected chi connectivity index (χ4v) is 4.65. The fraction of sp³-hybridized carbons (Fsp3) is 0.154. The molecule has 3 aromatic carbocycles. The number of carbonyl (C=O) groups is 2. The highest BCUT2D eigenvalue weighted by atomic mass is 35.5. The van der Waals surface area contributed by atoms with Gasteiger partial charge < -0.3 is 10.1 Å². The van der Waals surface area contributed by atoms with Gasteiger partial charge in [0.1, 0.15) is 16.4 Å². The maximum absolute atomic E-state index is 13.5. The molecule has 0 saturated carbocycles. The molecule has 5 nitrogen and oxygen atoms in total. The number of rotatable bonds is 7. The number of carbonyl (C=O) groups excluding carboxylic acids is 2. The molecule has 0 spiro atoms. The minimum absolute atomic E-state index is 0.239. The summed E-state index contributed by atoms with van der Waals surface area (Å²) < 4.78 is 5.49. The van der Waals surface area contributed by atoms with E-state index in [1.165, 1.54) is 16.7 Å². The van der Waals surface area contributed by atoms with Gasteiger partial charge in [0, 0.05) is 15.6 Å². The maximum atomic E-state index is 13.5. The van der Waals surface area contributed by atoms with E-state index in [0.29, 0.717) is 27.9 Å². The van der Waals surface area contributed by atoms with Crippen LogP contribution in [0.15, 0.2) is 82.2 Å². The number of ether oxygens (including phenoxy) is 1. The van der Waals surface area contributed by atoms with Gasteiger partial charge in [0.05, 0.1) is 12.3 Å². The van der Waals surface area contributed by atoms with E-state index < -0.39 is 5.91 Å². The monoisotopic (exact) mass is 478 g/mol. The van der Waals surface area contributed by atoms with Gasteiger partial charge >= 0.3 is 0 Å². The minimum Gasteiger partial charge on any atom is -0.494 e. The first kappa shape index (κ1) is 23.0. The average Bonchev–Trinajstić information content (AvgIpc) is 3.00. The van der Waals surface area contributed by atoms with Crippen molar-refractivity contribution in [3.63, 3.8) is 0 Å².